The highest BCUT2D eigenvalue weighted by Crippen LogP contribution is 2.31. The average molecular weight is 238 g/mol. The van der Waals surface area contributed by atoms with Gasteiger partial charge in [-0.3, -0.25) is 0 Å². The van der Waals surface area contributed by atoms with Crippen molar-refractivity contribution in [3.05, 3.63) is 0 Å². The second-order valence-corrected chi connectivity index (χ2v) is 6.75. The summed E-state index contributed by atoms with van der Waals surface area (Å²) in [6, 6.07) is 0.703. The lowest BCUT2D eigenvalue weighted by molar-refractivity contribution is 0.102. The maximum Gasteiger partial charge on any atom is 0.0246 e. The fourth-order valence-electron chi connectivity index (χ4n) is 3.42. The summed E-state index contributed by atoms with van der Waals surface area (Å²) in [5, 5.41) is 3.74. The van der Waals surface area contributed by atoms with Gasteiger partial charge in [-0.2, -0.15) is 0 Å². The molecule has 1 unspecified atom stereocenters. The summed E-state index contributed by atoms with van der Waals surface area (Å²) in [7, 11) is 0. The standard InChI is InChI=1S/C15H30N2/c1-4-13-6-10-17(11-7-13)12-14-15(2,3)8-5-9-16-14/h13-14,16H,4-12H2,1-3H3. The van der Waals surface area contributed by atoms with Gasteiger partial charge in [0.05, 0.1) is 0 Å². The first-order chi connectivity index (χ1) is 8.12. The minimum absolute atomic E-state index is 0.486. The predicted octanol–water partition coefficient (Wildman–Crippen LogP) is 2.89. The van der Waals surface area contributed by atoms with Gasteiger partial charge in [0.2, 0.25) is 0 Å². The van der Waals surface area contributed by atoms with Crippen LogP contribution in [0.4, 0.5) is 0 Å². The summed E-state index contributed by atoms with van der Waals surface area (Å²) in [5.74, 6) is 0.999. The molecule has 2 nitrogen and oxygen atoms in total. The van der Waals surface area contributed by atoms with Crippen LogP contribution in [0, 0.1) is 11.3 Å². The quantitative estimate of drug-likeness (QED) is 0.813. The van der Waals surface area contributed by atoms with Crippen LogP contribution in [0.1, 0.15) is 52.9 Å². The molecular formula is C15H30N2. The minimum atomic E-state index is 0.486. The Morgan fingerprint density at radius 3 is 2.53 bits per heavy atom. The number of rotatable bonds is 3. The van der Waals surface area contributed by atoms with Gasteiger partial charge < -0.3 is 10.2 Å². The maximum absolute atomic E-state index is 3.74. The molecule has 0 bridgehead atoms. The van der Waals surface area contributed by atoms with Crippen LogP contribution in [-0.4, -0.2) is 37.1 Å². The van der Waals surface area contributed by atoms with Crippen molar-refractivity contribution in [2.45, 2.75) is 58.9 Å². The SMILES string of the molecule is CCC1CCN(CC2NCCCC2(C)C)CC1. The number of likely N-dealkylation sites (tertiary alicyclic amines) is 1. The fraction of sp³-hybridized carbons (Fsp3) is 1.00. The monoisotopic (exact) mass is 238 g/mol. The van der Waals surface area contributed by atoms with E-state index in [1.165, 1.54) is 58.3 Å². The molecule has 2 saturated heterocycles. The van der Waals surface area contributed by atoms with Gasteiger partial charge >= 0.3 is 0 Å². The lowest BCUT2D eigenvalue weighted by atomic mass is 9.77. The number of hydrogen-bond acceptors (Lipinski definition) is 2. The molecule has 17 heavy (non-hydrogen) atoms. The molecule has 2 heteroatoms. The smallest absolute Gasteiger partial charge is 0.0246 e. The minimum Gasteiger partial charge on any atom is -0.312 e. The molecule has 2 heterocycles. The summed E-state index contributed by atoms with van der Waals surface area (Å²) in [6.45, 7) is 12.3. The summed E-state index contributed by atoms with van der Waals surface area (Å²) < 4.78 is 0. The number of nitrogens with one attached hydrogen (secondary N) is 1. The Labute approximate surface area is 107 Å². The van der Waals surface area contributed by atoms with Crippen LogP contribution >= 0.6 is 0 Å². The Kier molecular flexibility index (Phi) is 4.48. The van der Waals surface area contributed by atoms with Crippen LogP contribution in [0.3, 0.4) is 0 Å². The van der Waals surface area contributed by atoms with E-state index in [2.05, 4.69) is 31.0 Å². The molecule has 2 aliphatic heterocycles. The Balaban J connectivity index is 1.80. The number of hydrogen-bond donors (Lipinski definition) is 1. The van der Waals surface area contributed by atoms with Gasteiger partial charge in [0.1, 0.15) is 0 Å². The summed E-state index contributed by atoms with van der Waals surface area (Å²) in [4.78, 5) is 2.69. The highest BCUT2D eigenvalue weighted by Gasteiger charge is 2.33. The van der Waals surface area contributed by atoms with E-state index in [1.54, 1.807) is 0 Å². The van der Waals surface area contributed by atoms with Gasteiger partial charge in [-0.1, -0.05) is 27.2 Å². The van der Waals surface area contributed by atoms with E-state index in [9.17, 15) is 0 Å². The summed E-state index contributed by atoms with van der Waals surface area (Å²) in [5.41, 5.74) is 0.486. The van der Waals surface area contributed by atoms with Gasteiger partial charge in [0.15, 0.2) is 0 Å². The van der Waals surface area contributed by atoms with Gasteiger partial charge in [0.25, 0.3) is 0 Å². The van der Waals surface area contributed by atoms with E-state index in [0.717, 1.165) is 5.92 Å². The summed E-state index contributed by atoms with van der Waals surface area (Å²) >= 11 is 0. The number of piperidine rings is 2. The first-order valence-electron chi connectivity index (χ1n) is 7.57. The first kappa shape index (κ1) is 13.4. The van der Waals surface area contributed by atoms with Gasteiger partial charge in [-0.25, -0.2) is 0 Å². The predicted molar refractivity (Wildman–Crippen MR) is 74.3 cm³/mol. The zero-order valence-corrected chi connectivity index (χ0v) is 12.0. The molecule has 0 spiro atoms. The van der Waals surface area contributed by atoms with Crippen molar-refractivity contribution in [3.63, 3.8) is 0 Å². The van der Waals surface area contributed by atoms with Crippen molar-refractivity contribution >= 4 is 0 Å². The molecule has 0 aliphatic carbocycles. The molecule has 0 aromatic carbocycles. The van der Waals surface area contributed by atoms with E-state index in [4.69, 9.17) is 0 Å². The third-order valence-electron chi connectivity index (χ3n) is 5.06. The largest absolute Gasteiger partial charge is 0.312 e. The molecule has 1 atom stereocenters. The maximum atomic E-state index is 3.74. The van der Waals surface area contributed by atoms with Crippen LogP contribution in [0.25, 0.3) is 0 Å². The first-order valence-corrected chi connectivity index (χ1v) is 7.57. The molecule has 1 N–H and O–H groups in total. The van der Waals surface area contributed by atoms with Crippen LogP contribution in [0.5, 0.6) is 0 Å². The number of nitrogens with zero attached hydrogens (tertiary/aromatic N) is 1. The van der Waals surface area contributed by atoms with E-state index >= 15 is 0 Å². The normalized spacial score (nSPS) is 31.6. The third kappa shape index (κ3) is 3.45. The van der Waals surface area contributed by atoms with Crippen LogP contribution in [-0.2, 0) is 0 Å². The van der Waals surface area contributed by atoms with E-state index in [-0.39, 0.29) is 0 Å². The van der Waals surface area contributed by atoms with E-state index in [1.807, 2.05) is 0 Å². The topological polar surface area (TPSA) is 15.3 Å². The van der Waals surface area contributed by atoms with Crippen molar-refractivity contribution in [1.29, 1.82) is 0 Å². The Morgan fingerprint density at radius 2 is 1.94 bits per heavy atom. The van der Waals surface area contributed by atoms with Crippen LogP contribution in [0.2, 0.25) is 0 Å². The molecule has 0 amide bonds. The molecule has 100 valence electrons. The van der Waals surface area contributed by atoms with E-state index in [0.29, 0.717) is 11.5 Å². The molecule has 0 aromatic rings. The average Bonchev–Trinajstić information content (AvgIpc) is 2.33. The zero-order chi connectivity index (χ0) is 12.3. The van der Waals surface area contributed by atoms with Crippen molar-refractivity contribution in [2.75, 3.05) is 26.2 Å². The lowest BCUT2D eigenvalue weighted by Gasteiger charge is -2.43. The molecule has 2 fully saturated rings. The van der Waals surface area contributed by atoms with Crippen molar-refractivity contribution < 1.29 is 0 Å². The lowest BCUT2D eigenvalue weighted by Crippen LogP contribution is -2.53. The van der Waals surface area contributed by atoms with Crippen molar-refractivity contribution in [1.82, 2.24) is 10.2 Å². The molecule has 0 aromatic heterocycles. The zero-order valence-electron chi connectivity index (χ0n) is 12.0. The summed E-state index contributed by atoms with van der Waals surface area (Å²) in [6.07, 6.45) is 6.95. The Morgan fingerprint density at radius 1 is 1.24 bits per heavy atom. The van der Waals surface area contributed by atoms with Crippen molar-refractivity contribution in [3.8, 4) is 0 Å². The van der Waals surface area contributed by atoms with E-state index < -0.39 is 0 Å². The molecule has 2 aliphatic rings. The molecule has 0 radical (unpaired) electrons. The Bertz CT molecular complexity index is 229. The highest BCUT2D eigenvalue weighted by molar-refractivity contribution is 4.90. The molecular weight excluding hydrogens is 208 g/mol. The fourth-order valence-corrected chi connectivity index (χ4v) is 3.42. The second kappa shape index (κ2) is 5.71. The molecule has 0 saturated carbocycles. The van der Waals surface area contributed by atoms with Gasteiger partial charge in [0, 0.05) is 12.6 Å². The Hall–Kier alpha value is -0.0800. The van der Waals surface area contributed by atoms with Crippen molar-refractivity contribution in [2.24, 2.45) is 11.3 Å². The van der Waals surface area contributed by atoms with Gasteiger partial charge in [-0.05, 0) is 56.7 Å². The van der Waals surface area contributed by atoms with Crippen LogP contribution in [0.15, 0.2) is 0 Å². The third-order valence-corrected chi connectivity index (χ3v) is 5.06. The molecule has 2 rings (SSSR count). The van der Waals surface area contributed by atoms with Crippen LogP contribution < -0.4 is 5.32 Å². The van der Waals surface area contributed by atoms with Gasteiger partial charge in [-0.15, -0.1) is 0 Å². The second-order valence-electron chi connectivity index (χ2n) is 6.75. The highest BCUT2D eigenvalue weighted by atomic mass is 15.2.